The first kappa shape index (κ1) is 13.4. The molecule has 2 aliphatic carbocycles. The van der Waals surface area contributed by atoms with Gasteiger partial charge in [-0.1, -0.05) is 0 Å². The molecule has 0 radical (unpaired) electrons. The second-order valence-electron chi connectivity index (χ2n) is 5.84. The molecular weight excluding hydrogens is 256 g/mol. The molecule has 0 spiro atoms. The fourth-order valence-corrected chi connectivity index (χ4v) is 2.85. The lowest BCUT2D eigenvalue weighted by molar-refractivity contribution is 0.0916. The summed E-state index contributed by atoms with van der Waals surface area (Å²) < 4.78 is 5.60. The first-order valence-corrected chi connectivity index (χ1v) is 7.27. The SMILES string of the molecule is Cc1c(C(=O)NCC(N)C2CC2)oc2c1C(=O)CCC2. The van der Waals surface area contributed by atoms with Gasteiger partial charge in [0, 0.05) is 31.0 Å². The molecule has 1 heterocycles. The van der Waals surface area contributed by atoms with Gasteiger partial charge in [-0.3, -0.25) is 9.59 Å². The fourth-order valence-electron chi connectivity index (χ4n) is 2.85. The molecule has 1 saturated carbocycles. The standard InChI is InChI=1S/C15H20N2O3/c1-8-13-11(18)3-2-4-12(13)20-14(8)15(19)17-7-10(16)9-5-6-9/h9-10H,2-7,16H2,1H3,(H,17,19). The zero-order chi connectivity index (χ0) is 14.3. The number of Topliss-reactive ketones (excluding diaryl/α,β-unsaturated/α-hetero) is 1. The number of aryl methyl sites for hydroxylation is 1. The van der Waals surface area contributed by atoms with Gasteiger partial charge in [0.05, 0.1) is 5.56 Å². The molecule has 0 aliphatic heterocycles. The molecule has 0 saturated heterocycles. The summed E-state index contributed by atoms with van der Waals surface area (Å²) in [6, 6.07) is 0.0190. The van der Waals surface area contributed by atoms with Crippen molar-refractivity contribution >= 4 is 11.7 Å². The summed E-state index contributed by atoms with van der Waals surface area (Å²) in [6.45, 7) is 2.24. The number of carbonyl (C=O) groups excluding carboxylic acids is 2. The zero-order valence-corrected chi connectivity index (χ0v) is 11.7. The Hall–Kier alpha value is -1.62. The second kappa shape index (κ2) is 5.05. The molecule has 1 aromatic rings. The zero-order valence-electron chi connectivity index (χ0n) is 11.7. The summed E-state index contributed by atoms with van der Waals surface area (Å²) in [6.07, 6.45) is 4.38. The number of fused-ring (bicyclic) bond motifs is 1. The van der Waals surface area contributed by atoms with Gasteiger partial charge in [-0.15, -0.1) is 0 Å². The Morgan fingerprint density at radius 2 is 2.20 bits per heavy atom. The Kier molecular flexibility index (Phi) is 3.38. The number of hydrogen-bond donors (Lipinski definition) is 2. The van der Waals surface area contributed by atoms with Crippen molar-refractivity contribution in [3.63, 3.8) is 0 Å². The normalized spacial score (nSPS) is 19.6. The van der Waals surface area contributed by atoms with E-state index in [0.717, 1.165) is 25.7 Å². The first-order chi connectivity index (χ1) is 9.58. The van der Waals surface area contributed by atoms with E-state index >= 15 is 0 Å². The maximum Gasteiger partial charge on any atom is 0.287 e. The van der Waals surface area contributed by atoms with E-state index < -0.39 is 0 Å². The molecule has 5 nitrogen and oxygen atoms in total. The van der Waals surface area contributed by atoms with Crippen LogP contribution in [0.5, 0.6) is 0 Å². The van der Waals surface area contributed by atoms with Gasteiger partial charge in [-0.25, -0.2) is 0 Å². The average Bonchev–Trinajstić information content (AvgIpc) is 3.21. The van der Waals surface area contributed by atoms with E-state index in [1.165, 1.54) is 0 Å². The van der Waals surface area contributed by atoms with Gasteiger partial charge >= 0.3 is 0 Å². The summed E-state index contributed by atoms with van der Waals surface area (Å²) in [5.74, 6) is 1.30. The van der Waals surface area contributed by atoms with Crippen molar-refractivity contribution in [1.29, 1.82) is 0 Å². The highest BCUT2D eigenvalue weighted by molar-refractivity contribution is 6.03. The maximum atomic E-state index is 12.2. The van der Waals surface area contributed by atoms with Crippen molar-refractivity contribution in [1.82, 2.24) is 5.32 Å². The van der Waals surface area contributed by atoms with Crippen LogP contribution in [0.3, 0.4) is 0 Å². The number of furan rings is 1. The third-order valence-corrected chi connectivity index (χ3v) is 4.24. The number of nitrogens with one attached hydrogen (secondary N) is 1. The van der Waals surface area contributed by atoms with Crippen LogP contribution in [0.4, 0.5) is 0 Å². The summed E-state index contributed by atoms with van der Waals surface area (Å²) in [7, 11) is 0. The molecule has 1 atom stereocenters. The summed E-state index contributed by atoms with van der Waals surface area (Å²) in [5.41, 5.74) is 7.25. The number of rotatable bonds is 4. The highest BCUT2D eigenvalue weighted by Crippen LogP contribution is 2.31. The van der Waals surface area contributed by atoms with E-state index in [-0.39, 0.29) is 23.5 Å². The Bertz CT molecular complexity index is 558. The van der Waals surface area contributed by atoms with Crippen LogP contribution in [-0.4, -0.2) is 24.3 Å². The van der Waals surface area contributed by atoms with Gasteiger partial charge < -0.3 is 15.5 Å². The van der Waals surface area contributed by atoms with Crippen molar-refractivity contribution in [2.24, 2.45) is 11.7 Å². The average molecular weight is 276 g/mol. The van der Waals surface area contributed by atoms with E-state index in [4.69, 9.17) is 10.2 Å². The largest absolute Gasteiger partial charge is 0.455 e. The van der Waals surface area contributed by atoms with Crippen LogP contribution in [0.25, 0.3) is 0 Å². The van der Waals surface area contributed by atoms with E-state index in [1.807, 2.05) is 0 Å². The van der Waals surface area contributed by atoms with Crippen LogP contribution in [-0.2, 0) is 6.42 Å². The molecule has 3 rings (SSSR count). The molecule has 0 aromatic carbocycles. The molecule has 20 heavy (non-hydrogen) atoms. The lowest BCUT2D eigenvalue weighted by atomic mass is 9.94. The van der Waals surface area contributed by atoms with Gasteiger partial charge in [-0.2, -0.15) is 0 Å². The van der Waals surface area contributed by atoms with E-state index in [9.17, 15) is 9.59 Å². The Labute approximate surface area is 117 Å². The van der Waals surface area contributed by atoms with E-state index in [0.29, 0.717) is 35.8 Å². The Morgan fingerprint density at radius 3 is 2.85 bits per heavy atom. The number of ketones is 1. The second-order valence-corrected chi connectivity index (χ2v) is 5.84. The minimum Gasteiger partial charge on any atom is -0.455 e. The van der Waals surface area contributed by atoms with Crippen molar-refractivity contribution in [3.8, 4) is 0 Å². The molecule has 108 valence electrons. The highest BCUT2D eigenvalue weighted by Gasteiger charge is 2.31. The minimum absolute atomic E-state index is 0.0190. The summed E-state index contributed by atoms with van der Waals surface area (Å²) in [4.78, 5) is 24.1. The first-order valence-electron chi connectivity index (χ1n) is 7.27. The Morgan fingerprint density at radius 1 is 1.45 bits per heavy atom. The fraction of sp³-hybridized carbons (Fsp3) is 0.600. The van der Waals surface area contributed by atoms with Crippen LogP contribution >= 0.6 is 0 Å². The number of nitrogens with two attached hydrogens (primary N) is 1. The van der Waals surface area contributed by atoms with Crippen molar-refractivity contribution < 1.29 is 14.0 Å². The van der Waals surface area contributed by atoms with Crippen LogP contribution in [0.1, 0.15) is 57.9 Å². The van der Waals surface area contributed by atoms with Crippen molar-refractivity contribution in [2.75, 3.05) is 6.54 Å². The summed E-state index contributed by atoms with van der Waals surface area (Å²) >= 11 is 0. The van der Waals surface area contributed by atoms with Crippen LogP contribution in [0, 0.1) is 12.8 Å². The topological polar surface area (TPSA) is 85.3 Å². The highest BCUT2D eigenvalue weighted by atomic mass is 16.4. The number of amides is 1. The van der Waals surface area contributed by atoms with Gasteiger partial charge in [0.2, 0.25) is 0 Å². The molecular formula is C15H20N2O3. The molecule has 1 amide bonds. The third-order valence-electron chi connectivity index (χ3n) is 4.24. The van der Waals surface area contributed by atoms with Gasteiger partial charge in [0.25, 0.3) is 5.91 Å². The van der Waals surface area contributed by atoms with Gasteiger partial charge in [-0.05, 0) is 32.1 Å². The molecule has 1 aromatic heterocycles. The van der Waals surface area contributed by atoms with E-state index in [1.54, 1.807) is 6.92 Å². The monoisotopic (exact) mass is 276 g/mol. The maximum absolute atomic E-state index is 12.2. The van der Waals surface area contributed by atoms with Gasteiger partial charge in [0.1, 0.15) is 5.76 Å². The number of carbonyl (C=O) groups is 2. The third kappa shape index (κ3) is 2.38. The molecule has 3 N–H and O–H groups in total. The quantitative estimate of drug-likeness (QED) is 0.874. The lowest BCUT2D eigenvalue weighted by Gasteiger charge is -2.10. The molecule has 0 bridgehead atoms. The predicted octanol–water partition coefficient (Wildman–Crippen LogP) is 1.57. The molecule has 5 heteroatoms. The molecule has 1 unspecified atom stereocenters. The lowest BCUT2D eigenvalue weighted by Crippen LogP contribution is -2.38. The Balaban J connectivity index is 1.73. The minimum atomic E-state index is -0.263. The van der Waals surface area contributed by atoms with E-state index in [2.05, 4.69) is 5.32 Å². The van der Waals surface area contributed by atoms with Gasteiger partial charge in [0.15, 0.2) is 11.5 Å². The van der Waals surface area contributed by atoms with Crippen molar-refractivity contribution in [3.05, 3.63) is 22.6 Å². The van der Waals surface area contributed by atoms with Crippen LogP contribution in [0.2, 0.25) is 0 Å². The summed E-state index contributed by atoms with van der Waals surface area (Å²) in [5, 5.41) is 2.82. The number of hydrogen-bond acceptors (Lipinski definition) is 4. The molecule has 2 aliphatic rings. The van der Waals surface area contributed by atoms with Crippen molar-refractivity contribution in [2.45, 2.75) is 45.1 Å². The molecule has 1 fully saturated rings. The smallest absolute Gasteiger partial charge is 0.287 e. The van der Waals surface area contributed by atoms with Crippen LogP contribution < -0.4 is 11.1 Å². The van der Waals surface area contributed by atoms with Crippen LogP contribution in [0.15, 0.2) is 4.42 Å². The predicted molar refractivity (Wildman–Crippen MR) is 73.7 cm³/mol.